The van der Waals surface area contributed by atoms with E-state index in [1.807, 2.05) is 0 Å². The quantitative estimate of drug-likeness (QED) is 0.704. The van der Waals surface area contributed by atoms with Gasteiger partial charge in [-0.2, -0.15) is 0 Å². The monoisotopic (exact) mass is 342 g/mol. The predicted octanol–water partition coefficient (Wildman–Crippen LogP) is 2.35. The Hall–Kier alpha value is -1.91. The summed E-state index contributed by atoms with van der Waals surface area (Å²) in [7, 11) is 4.38. The number of rotatable bonds is 6. The Morgan fingerprint density at radius 2 is 1.75 bits per heavy atom. The number of aryl methyl sites for hydroxylation is 2. The van der Waals surface area contributed by atoms with Crippen molar-refractivity contribution < 1.29 is 4.90 Å². The van der Waals surface area contributed by atoms with E-state index in [1.54, 1.807) is 0 Å². The highest BCUT2D eigenvalue weighted by Crippen LogP contribution is 2.13. The van der Waals surface area contributed by atoms with Gasteiger partial charge in [0.05, 0.1) is 20.6 Å². The second-order valence-corrected chi connectivity index (χ2v) is 7.01. The lowest BCUT2D eigenvalue weighted by molar-refractivity contribution is -0.884. The van der Waals surface area contributed by atoms with Crippen LogP contribution in [0.5, 0.6) is 0 Å². The average Bonchev–Trinajstić information content (AvgIpc) is 2.55. The van der Waals surface area contributed by atoms with Gasteiger partial charge in [-0.25, -0.2) is 0 Å². The Kier molecular flexibility index (Phi) is 6.76. The number of benzene rings is 2. The molecule has 0 saturated heterocycles. The van der Waals surface area contributed by atoms with E-state index in [4.69, 9.17) is 12.2 Å². The van der Waals surface area contributed by atoms with E-state index in [0.29, 0.717) is 11.2 Å². The summed E-state index contributed by atoms with van der Waals surface area (Å²) in [4.78, 5) is 1.42. The number of anilines is 1. The molecule has 0 aromatic heterocycles. The number of quaternary nitrogens is 1. The average molecular weight is 343 g/mol. The van der Waals surface area contributed by atoms with E-state index >= 15 is 0 Å². The molecule has 3 nitrogen and oxygen atoms in total. The van der Waals surface area contributed by atoms with Crippen molar-refractivity contribution in [1.82, 2.24) is 5.32 Å². The molecule has 2 aromatic carbocycles. The van der Waals surface area contributed by atoms with Crippen molar-refractivity contribution in [3.63, 3.8) is 0 Å². The van der Waals surface area contributed by atoms with Crippen LogP contribution in [-0.2, 0) is 6.42 Å². The maximum absolute atomic E-state index is 5.45. The maximum Gasteiger partial charge on any atom is 0.170 e. The van der Waals surface area contributed by atoms with Gasteiger partial charge in [0.15, 0.2) is 5.11 Å². The van der Waals surface area contributed by atoms with Crippen LogP contribution in [0.25, 0.3) is 0 Å². The maximum atomic E-state index is 5.45. The van der Waals surface area contributed by atoms with Crippen LogP contribution in [0.2, 0.25) is 0 Å². The fourth-order valence-corrected chi connectivity index (χ4v) is 2.79. The van der Waals surface area contributed by atoms with Crippen LogP contribution in [0.1, 0.15) is 16.7 Å². The fraction of sp³-hybridized carbons (Fsp3) is 0.350. The van der Waals surface area contributed by atoms with Crippen LogP contribution in [0.4, 0.5) is 5.69 Å². The summed E-state index contributed by atoms with van der Waals surface area (Å²) in [6.07, 6.45) is 1.03. The van der Waals surface area contributed by atoms with Crippen molar-refractivity contribution in [3.8, 4) is 0 Å². The molecule has 0 aliphatic heterocycles. The molecule has 0 aliphatic rings. The van der Waals surface area contributed by atoms with Crippen LogP contribution >= 0.6 is 12.2 Å². The number of likely N-dealkylation sites (N-methyl/N-ethyl adjacent to an activating group) is 1. The van der Waals surface area contributed by atoms with Crippen LogP contribution < -0.4 is 15.5 Å². The molecule has 0 saturated carbocycles. The summed E-state index contributed by atoms with van der Waals surface area (Å²) in [6.45, 7) is 5.07. The van der Waals surface area contributed by atoms with Crippen LogP contribution in [0.3, 0.4) is 0 Å². The lowest BCUT2D eigenvalue weighted by Crippen LogP contribution is -3.11. The summed E-state index contributed by atoms with van der Waals surface area (Å²) < 4.78 is 0. The molecule has 2 rings (SSSR count). The van der Waals surface area contributed by atoms with Crippen LogP contribution in [0, 0.1) is 13.8 Å². The standard InChI is InChI=1S/C20H27N3S/c1-15-10-11-18(12-16(15)2)22-20(24)21-14-19(23(3)4)13-17-8-6-5-7-9-17/h5-12,19H,13-14H2,1-4H3,(H2,21,22,24)/p+1/t19-/m0/s1. The Labute approximate surface area is 151 Å². The summed E-state index contributed by atoms with van der Waals surface area (Å²) in [5.41, 5.74) is 4.95. The molecule has 0 unspecified atom stereocenters. The first-order valence-electron chi connectivity index (χ1n) is 8.42. The van der Waals surface area contributed by atoms with Gasteiger partial charge < -0.3 is 15.5 Å². The molecule has 0 bridgehead atoms. The molecule has 3 N–H and O–H groups in total. The lowest BCUT2D eigenvalue weighted by Gasteiger charge is -2.23. The van der Waals surface area contributed by atoms with Gasteiger partial charge in [0.25, 0.3) is 0 Å². The molecule has 128 valence electrons. The second-order valence-electron chi connectivity index (χ2n) is 6.60. The number of nitrogens with one attached hydrogen (secondary N) is 3. The van der Waals surface area contributed by atoms with Crippen molar-refractivity contribution in [1.29, 1.82) is 0 Å². The summed E-state index contributed by atoms with van der Waals surface area (Å²) in [5, 5.41) is 7.32. The Balaban J connectivity index is 1.89. The third-order valence-electron chi connectivity index (χ3n) is 4.42. The van der Waals surface area contributed by atoms with Crippen molar-refractivity contribution in [2.45, 2.75) is 26.3 Å². The zero-order valence-electron chi connectivity index (χ0n) is 15.0. The second kappa shape index (κ2) is 8.81. The van der Waals surface area contributed by atoms with E-state index in [1.165, 1.54) is 21.6 Å². The number of thiocarbonyl (C=S) groups is 1. The van der Waals surface area contributed by atoms with E-state index in [2.05, 4.69) is 87.1 Å². The SMILES string of the molecule is Cc1ccc(NC(=S)NC[C@H](Cc2ccccc2)[NH+](C)C)cc1C. The van der Waals surface area contributed by atoms with E-state index in [9.17, 15) is 0 Å². The highest BCUT2D eigenvalue weighted by atomic mass is 32.1. The van der Waals surface area contributed by atoms with Crippen molar-refractivity contribution in [2.24, 2.45) is 0 Å². The van der Waals surface area contributed by atoms with E-state index in [0.717, 1.165) is 18.7 Å². The van der Waals surface area contributed by atoms with Crippen molar-refractivity contribution in [3.05, 3.63) is 65.2 Å². The zero-order chi connectivity index (χ0) is 17.5. The first kappa shape index (κ1) is 18.4. The summed E-state index contributed by atoms with van der Waals surface area (Å²) in [5.74, 6) is 0. The molecule has 0 amide bonds. The van der Waals surface area contributed by atoms with Gasteiger partial charge >= 0.3 is 0 Å². The van der Waals surface area contributed by atoms with Gasteiger partial charge in [0.2, 0.25) is 0 Å². The van der Waals surface area contributed by atoms with Gasteiger partial charge in [-0.1, -0.05) is 36.4 Å². The van der Waals surface area contributed by atoms with E-state index < -0.39 is 0 Å². The largest absolute Gasteiger partial charge is 0.356 e. The molecule has 0 radical (unpaired) electrons. The first-order valence-corrected chi connectivity index (χ1v) is 8.82. The highest BCUT2D eigenvalue weighted by Gasteiger charge is 2.16. The van der Waals surface area contributed by atoms with Gasteiger partial charge in [-0.3, -0.25) is 0 Å². The van der Waals surface area contributed by atoms with Crippen LogP contribution in [-0.4, -0.2) is 31.8 Å². The molecule has 0 aliphatic carbocycles. The first-order chi connectivity index (χ1) is 11.5. The van der Waals surface area contributed by atoms with Crippen LogP contribution in [0.15, 0.2) is 48.5 Å². The lowest BCUT2D eigenvalue weighted by atomic mass is 10.1. The molecule has 0 fully saturated rings. The van der Waals surface area contributed by atoms with Gasteiger partial charge in [-0.05, 0) is 54.9 Å². The number of hydrogen-bond acceptors (Lipinski definition) is 1. The Morgan fingerprint density at radius 3 is 2.38 bits per heavy atom. The molecule has 24 heavy (non-hydrogen) atoms. The van der Waals surface area contributed by atoms with E-state index in [-0.39, 0.29) is 0 Å². The summed E-state index contributed by atoms with van der Waals surface area (Å²) >= 11 is 5.45. The zero-order valence-corrected chi connectivity index (χ0v) is 15.8. The smallest absolute Gasteiger partial charge is 0.170 e. The molecular weight excluding hydrogens is 314 g/mol. The minimum atomic E-state index is 0.465. The third-order valence-corrected chi connectivity index (χ3v) is 4.66. The Bertz CT molecular complexity index is 668. The molecule has 2 aromatic rings. The Morgan fingerprint density at radius 1 is 1.04 bits per heavy atom. The molecule has 0 heterocycles. The minimum absolute atomic E-state index is 0.465. The number of hydrogen-bond donors (Lipinski definition) is 3. The molecule has 4 heteroatoms. The minimum Gasteiger partial charge on any atom is -0.356 e. The summed E-state index contributed by atoms with van der Waals surface area (Å²) in [6, 6.07) is 17.4. The topological polar surface area (TPSA) is 28.5 Å². The normalized spacial score (nSPS) is 12.0. The highest BCUT2D eigenvalue weighted by molar-refractivity contribution is 7.80. The third kappa shape index (κ3) is 5.62. The van der Waals surface area contributed by atoms with Gasteiger partial charge in [0.1, 0.15) is 6.04 Å². The van der Waals surface area contributed by atoms with Gasteiger partial charge in [0, 0.05) is 12.1 Å². The van der Waals surface area contributed by atoms with Gasteiger partial charge in [-0.15, -0.1) is 0 Å². The predicted molar refractivity (Wildman–Crippen MR) is 107 cm³/mol. The molecule has 0 spiro atoms. The fourth-order valence-electron chi connectivity index (χ4n) is 2.59. The van der Waals surface area contributed by atoms with Crippen molar-refractivity contribution >= 4 is 23.0 Å². The van der Waals surface area contributed by atoms with Crippen molar-refractivity contribution in [2.75, 3.05) is 26.0 Å². The molecule has 1 atom stereocenters. The molecular formula is C20H28N3S+.